The van der Waals surface area contributed by atoms with E-state index in [0.29, 0.717) is 40.0 Å². The number of benzene rings is 9. The largest absolute Gasteiger partial charge is 0.456 e. The second-order valence-electron chi connectivity index (χ2n) is 16.9. The Labute approximate surface area is 386 Å². The number of hydrogen-bond acceptors (Lipinski definition) is 6. The highest BCUT2D eigenvalue weighted by molar-refractivity contribution is 6.07. The maximum Gasteiger partial charge on any atom is 0.212 e. The highest BCUT2D eigenvalue weighted by Crippen LogP contribution is 2.64. The van der Waals surface area contributed by atoms with Crippen LogP contribution in [0.3, 0.4) is 0 Å². The molecule has 11 aromatic rings. The zero-order chi connectivity index (χ0) is 44.6. The van der Waals surface area contributed by atoms with Crippen molar-refractivity contribution in [1.29, 1.82) is 5.26 Å². The van der Waals surface area contributed by atoms with Gasteiger partial charge in [0.1, 0.15) is 11.2 Å². The molecule has 7 heteroatoms. The molecular formula is C60H34N6O. The maximum atomic E-state index is 11.1. The van der Waals surface area contributed by atoms with Crippen molar-refractivity contribution in [1.82, 2.24) is 15.0 Å². The smallest absolute Gasteiger partial charge is 0.212 e. The lowest BCUT2D eigenvalue weighted by atomic mass is 9.64. The lowest BCUT2D eigenvalue weighted by Crippen LogP contribution is -2.36. The van der Waals surface area contributed by atoms with Crippen molar-refractivity contribution >= 4 is 44.7 Å². The number of rotatable bonds is 5. The Balaban J connectivity index is 0.997. The van der Waals surface area contributed by atoms with Gasteiger partial charge in [0.05, 0.1) is 29.3 Å². The Kier molecular flexibility index (Phi) is 8.42. The lowest BCUT2D eigenvalue weighted by Gasteiger charge is -2.45. The molecule has 310 valence electrons. The van der Waals surface area contributed by atoms with E-state index >= 15 is 0 Å². The molecule has 2 aliphatic rings. The van der Waals surface area contributed by atoms with E-state index in [1.807, 2.05) is 97.1 Å². The first-order chi connectivity index (χ1) is 33.1. The quantitative estimate of drug-likeness (QED) is 0.160. The van der Waals surface area contributed by atoms with Crippen LogP contribution in [-0.2, 0) is 5.41 Å². The van der Waals surface area contributed by atoms with Gasteiger partial charge in [-0.15, -0.1) is 0 Å². The third-order valence-electron chi connectivity index (χ3n) is 13.4. The summed E-state index contributed by atoms with van der Waals surface area (Å²) < 4.78 is 6.19. The number of anilines is 3. The van der Waals surface area contributed by atoms with E-state index in [9.17, 15) is 5.26 Å². The first-order valence-electron chi connectivity index (χ1n) is 22.1. The Bertz CT molecular complexity index is 3780. The van der Waals surface area contributed by atoms with Crippen LogP contribution in [-0.4, -0.2) is 15.0 Å². The number of nitriles is 1. The van der Waals surface area contributed by atoms with Crippen molar-refractivity contribution in [2.75, 3.05) is 4.90 Å². The minimum Gasteiger partial charge on any atom is -0.456 e. The standard InChI is InChI=1S/C60H34N6O/c1-62-51-35-41(59-64-57(37-16-4-2-5-17-37)63-58(65-59)38-18-6-3-7-19-38)32-42(36-61)56(51)66-52-25-13-11-23-49(52)60(50-24-12-14-26-53(50)66)47-22-10-8-20-43(47)45-33-39(28-30-48(45)60)40-29-31-55-46(34-40)44-21-9-15-27-54(44)67-55/h2-35H. The molecule has 0 saturated heterocycles. The Morgan fingerprint density at radius 3 is 1.67 bits per heavy atom. The zero-order valence-corrected chi connectivity index (χ0v) is 35.7. The fourth-order valence-corrected chi connectivity index (χ4v) is 10.5. The second-order valence-corrected chi connectivity index (χ2v) is 16.9. The molecule has 0 fully saturated rings. The van der Waals surface area contributed by atoms with Gasteiger partial charge in [-0.25, -0.2) is 19.8 Å². The average Bonchev–Trinajstić information content (AvgIpc) is 3.92. The fourth-order valence-electron chi connectivity index (χ4n) is 10.5. The zero-order valence-electron chi connectivity index (χ0n) is 35.7. The normalized spacial score (nSPS) is 12.8. The van der Waals surface area contributed by atoms with Crippen molar-refractivity contribution in [2.24, 2.45) is 0 Å². The molecular weight excluding hydrogens is 821 g/mol. The third-order valence-corrected chi connectivity index (χ3v) is 13.4. The van der Waals surface area contributed by atoms with Crippen LogP contribution in [0.2, 0.25) is 0 Å². The van der Waals surface area contributed by atoms with E-state index in [0.717, 1.165) is 72.3 Å². The van der Waals surface area contributed by atoms with Gasteiger partial charge in [0.2, 0.25) is 5.69 Å². The molecule has 1 spiro atoms. The number of nitrogens with zero attached hydrogens (tertiary/aromatic N) is 6. The van der Waals surface area contributed by atoms with E-state index in [2.05, 4.69) is 125 Å². The van der Waals surface area contributed by atoms with Gasteiger partial charge in [0.15, 0.2) is 17.5 Å². The Morgan fingerprint density at radius 2 is 1.00 bits per heavy atom. The van der Waals surface area contributed by atoms with Crippen LogP contribution >= 0.6 is 0 Å². The lowest BCUT2D eigenvalue weighted by molar-refractivity contribution is 0.669. The maximum absolute atomic E-state index is 11.1. The summed E-state index contributed by atoms with van der Waals surface area (Å²) >= 11 is 0. The molecule has 0 radical (unpaired) electrons. The van der Waals surface area contributed by atoms with Crippen molar-refractivity contribution in [3.63, 3.8) is 0 Å². The molecule has 0 atom stereocenters. The van der Waals surface area contributed by atoms with Crippen LogP contribution in [0, 0.1) is 17.9 Å². The van der Waals surface area contributed by atoms with Gasteiger partial charge in [-0.3, -0.25) is 0 Å². The van der Waals surface area contributed by atoms with E-state index in [1.54, 1.807) is 0 Å². The molecule has 0 unspecified atom stereocenters. The number of hydrogen-bond donors (Lipinski definition) is 0. The molecule has 0 amide bonds. The highest BCUT2D eigenvalue weighted by atomic mass is 16.3. The van der Waals surface area contributed by atoms with Gasteiger partial charge >= 0.3 is 0 Å². The number of para-hydroxylation sites is 3. The SMILES string of the molecule is [C-]#[N+]c1cc(-c2nc(-c3ccccc3)nc(-c3ccccc3)n2)cc(C#N)c1N1c2ccccc2C2(c3ccccc3-c3cc(-c4ccc5oc6ccccc6c5c4)ccc32)c2ccccc21. The Morgan fingerprint density at radius 1 is 0.463 bits per heavy atom. The van der Waals surface area contributed by atoms with Crippen molar-refractivity contribution in [3.05, 3.63) is 245 Å². The van der Waals surface area contributed by atoms with Gasteiger partial charge in [-0.2, -0.15) is 5.26 Å². The number of aromatic nitrogens is 3. The average molecular weight is 855 g/mol. The molecule has 0 bridgehead atoms. The summed E-state index contributed by atoms with van der Waals surface area (Å²) in [6.07, 6.45) is 0. The minimum absolute atomic E-state index is 0.303. The molecule has 3 heterocycles. The van der Waals surface area contributed by atoms with Gasteiger partial charge in [0, 0.05) is 38.8 Å². The van der Waals surface area contributed by atoms with E-state index < -0.39 is 5.41 Å². The summed E-state index contributed by atoms with van der Waals surface area (Å²) in [5.41, 5.74) is 15.2. The molecule has 13 rings (SSSR count). The summed E-state index contributed by atoms with van der Waals surface area (Å²) in [5, 5.41) is 13.3. The topological polar surface area (TPSA) is 83.2 Å². The summed E-state index contributed by atoms with van der Waals surface area (Å²) in [6, 6.07) is 72.8. The third kappa shape index (κ3) is 5.66. The highest BCUT2D eigenvalue weighted by Gasteiger charge is 2.52. The first kappa shape index (κ1) is 38.1. The van der Waals surface area contributed by atoms with E-state index in [1.165, 1.54) is 16.7 Å². The summed E-state index contributed by atoms with van der Waals surface area (Å²) in [5.74, 6) is 1.37. The van der Waals surface area contributed by atoms with Crippen molar-refractivity contribution in [2.45, 2.75) is 5.41 Å². The second kappa shape index (κ2) is 14.8. The predicted octanol–water partition coefficient (Wildman–Crippen LogP) is 15.0. The summed E-state index contributed by atoms with van der Waals surface area (Å²) in [6.45, 7) is 8.71. The number of furan rings is 1. The van der Waals surface area contributed by atoms with Gasteiger partial charge in [-0.05, 0) is 93.0 Å². The molecule has 67 heavy (non-hydrogen) atoms. The van der Waals surface area contributed by atoms with E-state index in [4.69, 9.17) is 25.9 Å². The summed E-state index contributed by atoms with van der Waals surface area (Å²) in [7, 11) is 0. The first-order valence-corrected chi connectivity index (χ1v) is 22.1. The van der Waals surface area contributed by atoms with Crippen LogP contribution in [0.25, 0.3) is 83.2 Å². The fraction of sp³-hybridized carbons (Fsp3) is 0.0167. The number of fused-ring (bicyclic) bond motifs is 12. The van der Waals surface area contributed by atoms with Gasteiger partial charge in [-0.1, -0.05) is 158 Å². The predicted molar refractivity (Wildman–Crippen MR) is 265 cm³/mol. The van der Waals surface area contributed by atoms with Crippen LogP contribution in [0.1, 0.15) is 27.8 Å². The summed E-state index contributed by atoms with van der Waals surface area (Å²) in [4.78, 5) is 21.0. The van der Waals surface area contributed by atoms with Crippen LogP contribution in [0.4, 0.5) is 22.7 Å². The van der Waals surface area contributed by atoms with Crippen LogP contribution < -0.4 is 4.90 Å². The van der Waals surface area contributed by atoms with Gasteiger partial charge < -0.3 is 9.32 Å². The van der Waals surface area contributed by atoms with Crippen molar-refractivity contribution < 1.29 is 4.42 Å². The molecule has 0 saturated carbocycles. The van der Waals surface area contributed by atoms with Gasteiger partial charge in [0.25, 0.3) is 0 Å². The molecule has 1 aliphatic carbocycles. The molecule has 1 aliphatic heterocycles. The minimum atomic E-state index is -0.712. The van der Waals surface area contributed by atoms with Crippen LogP contribution in [0.15, 0.2) is 211 Å². The molecule has 7 nitrogen and oxygen atoms in total. The molecule has 2 aromatic heterocycles. The monoisotopic (exact) mass is 854 g/mol. The molecule has 0 N–H and O–H groups in total. The molecule has 9 aromatic carbocycles. The Hall–Kier alpha value is -9.43. The van der Waals surface area contributed by atoms with Crippen molar-refractivity contribution in [3.8, 4) is 62.5 Å². The van der Waals surface area contributed by atoms with E-state index in [-0.39, 0.29) is 0 Å². The van der Waals surface area contributed by atoms with Crippen LogP contribution in [0.5, 0.6) is 0 Å².